The summed E-state index contributed by atoms with van der Waals surface area (Å²) in [5, 5.41) is 9.71. The van der Waals surface area contributed by atoms with Crippen LogP contribution < -0.4 is 5.73 Å². The number of amides is 1. The summed E-state index contributed by atoms with van der Waals surface area (Å²) in [4.78, 5) is 14.5. The van der Waals surface area contributed by atoms with E-state index in [4.69, 9.17) is 18.0 Å². The summed E-state index contributed by atoms with van der Waals surface area (Å²) >= 11 is 4.84. The van der Waals surface area contributed by atoms with Crippen molar-refractivity contribution in [3.8, 4) is 5.75 Å². The van der Waals surface area contributed by atoms with Crippen LogP contribution in [-0.2, 0) is 0 Å². The lowest BCUT2D eigenvalue weighted by atomic mass is 10.1. The second-order valence-corrected chi connectivity index (χ2v) is 4.99. The van der Waals surface area contributed by atoms with E-state index < -0.39 is 0 Å². The summed E-state index contributed by atoms with van der Waals surface area (Å²) in [6.07, 6.45) is 2.54. The first-order valence-electron chi connectivity index (χ1n) is 5.97. The van der Waals surface area contributed by atoms with Gasteiger partial charge in [-0.25, -0.2) is 0 Å². The number of carbonyl (C=O) groups is 1. The number of nitrogens with two attached hydrogens (primary N) is 1. The third-order valence-corrected chi connectivity index (χ3v) is 3.19. The smallest absolute Gasteiger partial charge is 0.257 e. The Labute approximate surface area is 111 Å². The Bertz CT molecular complexity index is 472. The fourth-order valence-corrected chi connectivity index (χ4v) is 1.97. The van der Waals surface area contributed by atoms with Crippen LogP contribution in [0.2, 0.25) is 0 Å². The Morgan fingerprint density at radius 3 is 2.67 bits per heavy atom. The van der Waals surface area contributed by atoms with Crippen molar-refractivity contribution >= 4 is 23.1 Å². The Hall–Kier alpha value is -1.62. The molecule has 1 saturated carbocycles. The number of hydrogen-bond donors (Lipinski definition) is 2. The van der Waals surface area contributed by atoms with E-state index in [0.717, 1.165) is 12.8 Å². The van der Waals surface area contributed by atoms with Gasteiger partial charge in [-0.05, 0) is 25.0 Å². The van der Waals surface area contributed by atoms with Gasteiger partial charge in [0.1, 0.15) is 5.75 Å². The van der Waals surface area contributed by atoms with Crippen molar-refractivity contribution in [2.24, 2.45) is 5.73 Å². The number of nitrogens with zero attached hydrogens (tertiary/aromatic N) is 1. The quantitative estimate of drug-likeness (QED) is 0.794. The number of aromatic hydroxyl groups is 1. The van der Waals surface area contributed by atoms with Gasteiger partial charge in [0.05, 0.1) is 10.6 Å². The molecule has 96 valence electrons. The molecular formula is C13H16N2O2S. The normalized spacial score (nSPS) is 14.2. The number of phenols is 1. The molecule has 1 amide bonds. The first-order valence-corrected chi connectivity index (χ1v) is 6.37. The van der Waals surface area contributed by atoms with E-state index in [0.29, 0.717) is 23.5 Å². The van der Waals surface area contributed by atoms with Crippen molar-refractivity contribution < 1.29 is 9.90 Å². The molecule has 1 aromatic carbocycles. The zero-order chi connectivity index (χ0) is 13.1. The maximum absolute atomic E-state index is 12.3. The molecule has 0 atom stereocenters. The van der Waals surface area contributed by atoms with Gasteiger partial charge in [-0.1, -0.05) is 24.4 Å². The number of para-hydroxylation sites is 1. The maximum atomic E-state index is 12.3. The van der Waals surface area contributed by atoms with E-state index in [2.05, 4.69) is 0 Å². The highest BCUT2D eigenvalue weighted by molar-refractivity contribution is 7.80. The fourth-order valence-electron chi connectivity index (χ4n) is 1.88. The van der Waals surface area contributed by atoms with Gasteiger partial charge in [-0.15, -0.1) is 0 Å². The Kier molecular flexibility index (Phi) is 3.81. The predicted molar refractivity (Wildman–Crippen MR) is 73.6 cm³/mol. The zero-order valence-electron chi connectivity index (χ0n) is 10.0. The van der Waals surface area contributed by atoms with Gasteiger partial charge in [-0.3, -0.25) is 4.79 Å². The summed E-state index contributed by atoms with van der Waals surface area (Å²) in [5.74, 6) is -0.129. The molecule has 1 aliphatic rings. The second kappa shape index (κ2) is 5.35. The van der Waals surface area contributed by atoms with Gasteiger partial charge in [0.25, 0.3) is 5.91 Å². The third kappa shape index (κ3) is 2.98. The van der Waals surface area contributed by atoms with Crippen LogP contribution >= 0.6 is 12.2 Å². The minimum absolute atomic E-state index is 0.0171. The number of benzene rings is 1. The molecule has 0 aliphatic heterocycles. The van der Waals surface area contributed by atoms with E-state index >= 15 is 0 Å². The van der Waals surface area contributed by atoms with Crippen molar-refractivity contribution in [1.29, 1.82) is 0 Å². The lowest BCUT2D eigenvalue weighted by molar-refractivity contribution is 0.0745. The molecule has 3 N–H and O–H groups in total. The summed E-state index contributed by atoms with van der Waals surface area (Å²) in [7, 11) is 0. The highest BCUT2D eigenvalue weighted by atomic mass is 32.1. The standard InChI is InChI=1S/C13H16N2O2S/c14-12(18)7-8-15(9-5-6-9)13(17)10-3-1-2-4-11(10)16/h1-4,9,16H,5-8H2,(H2,14,18). The van der Waals surface area contributed by atoms with Gasteiger partial charge in [0.15, 0.2) is 0 Å². The molecule has 4 nitrogen and oxygen atoms in total. The SMILES string of the molecule is NC(=S)CCN(C(=O)c1ccccc1O)C1CC1. The van der Waals surface area contributed by atoms with E-state index in [9.17, 15) is 9.90 Å². The molecule has 0 radical (unpaired) electrons. The van der Waals surface area contributed by atoms with Crippen molar-refractivity contribution in [3.63, 3.8) is 0 Å². The van der Waals surface area contributed by atoms with Crippen LogP contribution in [0.1, 0.15) is 29.6 Å². The summed E-state index contributed by atoms with van der Waals surface area (Å²) in [6, 6.07) is 6.86. The van der Waals surface area contributed by atoms with Crippen LogP contribution in [0, 0.1) is 0 Å². The summed E-state index contributed by atoms with van der Waals surface area (Å²) in [6.45, 7) is 0.521. The number of rotatable bonds is 5. The minimum Gasteiger partial charge on any atom is -0.507 e. The molecule has 2 rings (SSSR count). The molecule has 0 saturated heterocycles. The highest BCUT2D eigenvalue weighted by Crippen LogP contribution is 2.30. The molecule has 0 bridgehead atoms. The lowest BCUT2D eigenvalue weighted by Crippen LogP contribution is -2.35. The maximum Gasteiger partial charge on any atom is 0.257 e. The topological polar surface area (TPSA) is 66.6 Å². The van der Waals surface area contributed by atoms with Crippen LogP contribution in [0.5, 0.6) is 5.75 Å². The van der Waals surface area contributed by atoms with E-state index in [-0.39, 0.29) is 17.7 Å². The van der Waals surface area contributed by atoms with Gasteiger partial charge in [0.2, 0.25) is 0 Å². The first kappa shape index (κ1) is 12.8. The van der Waals surface area contributed by atoms with E-state index in [1.54, 1.807) is 23.1 Å². The third-order valence-electron chi connectivity index (χ3n) is 2.98. The van der Waals surface area contributed by atoms with Gasteiger partial charge in [-0.2, -0.15) is 0 Å². The molecule has 0 heterocycles. The molecule has 18 heavy (non-hydrogen) atoms. The molecular weight excluding hydrogens is 248 g/mol. The number of phenolic OH excluding ortho intramolecular Hbond substituents is 1. The fraction of sp³-hybridized carbons (Fsp3) is 0.385. The van der Waals surface area contributed by atoms with Crippen LogP contribution in [0.3, 0.4) is 0 Å². The monoisotopic (exact) mass is 264 g/mol. The Morgan fingerprint density at radius 1 is 1.44 bits per heavy atom. The largest absolute Gasteiger partial charge is 0.507 e. The van der Waals surface area contributed by atoms with Crippen LogP contribution in [0.4, 0.5) is 0 Å². The van der Waals surface area contributed by atoms with Crippen LogP contribution in [-0.4, -0.2) is 33.5 Å². The number of hydrogen-bond acceptors (Lipinski definition) is 3. The average Bonchev–Trinajstić information content (AvgIpc) is 3.13. The molecule has 1 aromatic rings. The lowest BCUT2D eigenvalue weighted by Gasteiger charge is -2.22. The van der Waals surface area contributed by atoms with E-state index in [1.807, 2.05) is 0 Å². The van der Waals surface area contributed by atoms with E-state index in [1.165, 1.54) is 6.07 Å². The van der Waals surface area contributed by atoms with Crippen LogP contribution in [0.25, 0.3) is 0 Å². The van der Waals surface area contributed by atoms with Crippen LogP contribution in [0.15, 0.2) is 24.3 Å². The molecule has 1 aliphatic carbocycles. The highest BCUT2D eigenvalue weighted by Gasteiger charge is 2.33. The molecule has 0 unspecified atom stereocenters. The number of carbonyl (C=O) groups excluding carboxylic acids is 1. The second-order valence-electron chi connectivity index (χ2n) is 4.46. The van der Waals surface area contributed by atoms with Crippen molar-refractivity contribution in [2.45, 2.75) is 25.3 Å². The van der Waals surface area contributed by atoms with Crippen molar-refractivity contribution in [3.05, 3.63) is 29.8 Å². The zero-order valence-corrected chi connectivity index (χ0v) is 10.8. The Balaban J connectivity index is 2.13. The van der Waals surface area contributed by atoms with Gasteiger partial charge in [0, 0.05) is 19.0 Å². The van der Waals surface area contributed by atoms with Gasteiger partial charge >= 0.3 is 0 Å². The first-order chi connectivity index (χ1) is 8.59. The summed E-state index contributed by atoms with van der Waals surface area (Å²) in [5.41, 5.74) is 5.81. The molecule has 5 heteroatoms. The summed E-state index contributed by atoms with van der Waals surface area (Å²) < 4.78 is 0. The van der Waals surface area contributed by atoms with Gasteiger partial charge < -0.3 is 15.7 Å². The predicted octanol–water partition coefficient (Wildman–Crippen LogP) is 1.67. The van der Waals surface area contributed by atoms with Crippen molar-refractivity contribution in [2.75, 3.05) is 6.54 Å². The molecule has 0 aromatic heterocycles. The minimum atomic E-state index is -0.146. The average molecular weight is 264 g/mol. The molecule has 1 fully saturated rings. The van der Waals surface area contributed by atoms with Crippen molar-refractivity contribution in [1.82, 2.24) is 4.90 Å². The number of thiocarbonyl (C=S) groups is 1. The Morgan fingerprint density at radius 2 is 2.11 bits per heavy atom. The molecule has 0 spiro atoms.